The standard InChI is InChI=1S/C23H27ClN2O7/c1-10-14(20(23(32)33)26-19(10)17(11(2)27)22(26)31)9-25-6-5-12(8-25)7-16(29)13-3-4-15(28)21(30)18(13)24/h3-4,10-12,17,19,27-28,30H,5-9H2,1-2H3,(H,32,33)/t10-,11+,12-,17+,19+/m0/s1. The van der Waals surface area contributed by atoms with Crippen LogP contribution in [0.4, 0.5) is 0 Å². The predicted molar refractivity (Wildman–Crippen MR) is 118 cm³/mol. The van der Waals surface area contributed by atoms with E-state index in [2.05, 4.69) is 4.90 Å². The van der Waals surface area contributed by atoms with Crippen LogP contribution >= 0.6 is 11.6 Å². The van der Waals surface area contributed by atoms with Gasteiger partial charge in [-0.1, -0.05) is 18.5 Å². The van der Waals surface area contributed by atoms with Crippen LogP contribution in [0.5, 0.6) is 11.5 Å². The number of aromatic hydroxyl groups is 2. The number of β-lactam (4-membered cyclic amide) rings is 1. The lowest BCUT2D eigenvalue weighted by molar-refractivity contribution is -0.163. The van der Waals surface area contributed by atoms with Gasteiger partial charge in [-0.15, -0.1) is 0 Å². The maximum absolute atomic E-state index is 12.7. The maximum atomic E-state index is 12.7. The third-order valence-electron chi connectivity index (χ3n) is 7.15. The number of aliphatic hydroxyl groups excluding tert-OH is 1. The molecule has 1 amide bonds. The summed E-state index contributed by atoms with van der Waals surface area (Å²) in [5.41, 5.74) is 0.834. The summed E-state index contributed by atoms with van der Waals surface area (Å²) in [5.74, 6) is -3.41. The quantitative estimate of drug-likeness (QED) is 0.264. The van der Waals surface area contributed by atoms with E-state index >= 15 is 0 Å². The Labute approximate surface area is 195 Å². The number of aliphatic carboxylic acids is 1. The first-order valence-electron chi connectivity index (χ1n) is 11.0. The molecule has 4 N–H and O–H groups in total. The van der Waals surface area contributed by atoms with E-state index in [-0.39, 0.29) is 52.3 Å². The Morgan fingerprint density at radius 2 is 1.97 bits per heavy atom. The number of amides is 1. The van der Waals surface area contributed by atoms with Crippen LogP contribution < -0.4 is 0 Å². The molecule has 3 heterocycles. The number of hydrogen-bond donors (Lipinski definition) is 4. The van der Waals surface area contributed by atoms with Crippen molar-refractivity contribution in [2.75, 3.05) is 19.6 Å². The fraction of sp³-hybridized carbons (Fsp3) is 0.522. The highest BCUT2D eigenvalue weighted by Crippen LogP contribution is 2.47. The minimum absolute atomic E-state index is 0.0141. The van der Waals surface area contributed by atoms with Gasteiger partial charge in [0.2, 0.25) is 5.91 Å². The van der Waals surface area contributed by atoms with E-state index in [0.29, 0.717) is 25.2 Å². The average Bonchev–Trinajstić information content (AvgIpc) is 3.27. The van der Waals surface area contributed by atoms with Gasteiger partial charge >= 0.3 is 5.97 Å². The number of aliphatic hydroxyl groups is 1. The van der Waals surface area contributed by atoms with Gasteiger partial charge in [-0.2, -0.15) is 0 Å². The molecule has 178 valence electrons. The van der Waals surface area contributed by atoms with Gasteiger partial charge in [0.1, 0.15) is 5.70 Å². The highest BCUT2D eigenvalue weighted by atomic mass is 35.5. The Bertz CT molecular complexity index is 1050. The van der Waals surface area contributed by atoms with E-state index in [0.717, 1.165) is 6.42 Å². The number of rotatable bonds is 7. The first-order chi connectivity index (χ1) is 15.5. The maximum Gasteiger partial charge on any atom is 0.352 e. The number of hydrogen-bond acceptors (Lipinski definition) is 7. The van der Waals surface area contributed by atoms with Crippen LogP contribution in [-0.2, 0) is 9.59 Å². The average molecular weight is 479 g/mol. The fourth-order valence-electron chi connectivity index (χ4n) is 5.46. The molecule has 1 aromatic carbocycles. The van der Waals surface area contributed by atoms with E-state index in [1.807, 2.05) is 6.92 Å². The summed E-state index contributed by atoms with van der Waals surface area (Å²) in [6, 6.07) is 2.27. The number of benzene rings is 1. The van der Waals surface area contributed by atoms with Crippen molar-refractivity contribution in [2.24, 2.45) is 17.8 Å². The molecule has 0 bridgehead atoms. The van der Waals surface area contributed by atoms with Gasteiger partial charge in [0.25, 0.3) is 0 Å². The van der Waals surface area contributed by atoms with E-state index in [9.17, 15) is 34.8 Å². The number of likely N-dealkylation sites (tertiary alicyclic amines) is 1. The van der Waals surface area contributed by atoms with Crippen molar-refractivity contribution in [2.45, 2.75) is 38.8 Å². The molecule has 0 saturated carbocycles. The molecule has 0 radical (unpaired) electrons. The number of nitrogens with zero attached hydrogens (tertiary/aromatic N) is 2. The molecule has 0 aliphatic carbocycles. The highest BCUT2D eigenvalue weighted by Gasteiger charge is 2.59. The number of Topliss-reactive ketones (excluding diaryl/α,β-unsaturated/α-hetero) is 1. The third kappa shape index (κ3) is 3.88. The van der Waals surface area contributed by atoms with E-state index in [4.69, 9.17) is 11.6 Å². The van der Waals surface area contributed by atoms with Crippen LogP contribution in [0.25, 0.3) is 0 Å². The molecule has 3 aliphatic rings. The zero-order valence-electron chi connectivity index (χ0n) is 18.4. The van der Waals surface area contributed by atoms with Crippen LogP contribution in [-0.4, -0.2) is 79.7 Å². The third-order valence-corrected chi connectivity index (χ3v) is 7.53. The van der Waals surface area contributed by atoms with E-state index in [1.165, 1.54) is 17.0 Å². The van der Waals surface area contributed by atoms with Crippen molar-refractivity contribution in [3.8, 4) is 11.5 Å². The number of ketones is 1. The highest BCUT2D eigenvalue weighted by molar-refractivity contribution is 6.35. The molecule has 10 heteroatoms. The minimum atomic E-state index is -1.15. The number of fused-ring (bicyclic) bond motifs is 1. The van der Waals surface area contributed by atoms with Crippen molar-refractivity contribution in [1.82, 2.24) is 9.80 Å². The SMILES string of the molecule is C[C@@H](O)[C@H]1C(=O)N2C(C(=O)O)=C(CN3CC[C@@H](CC(=O)c4ccc(O)c(O)c4Cl)C3)[C@H](C)[C@H]12. The second-order valence-corrected chi connectivity index (χ2v) is 9.62. The molecule has 0 aromatic heterocycles. The van der Waals surface area contributed by atoms with Crippen LogP contribution in [0.3, 0.4) is 0 Å². The Balaban J connectivity index is 1.44. The monoisotopic (exact) mass is 478 g/mol. The summed E-state index contributed by atoms with van der Waals surface area (Å²) < 4.78 is 0. The molecule has 9 nitrogen and oxygen atoms in total. The van der Waals surface area contributed by atoms with Gasteiger partial charge in [-0.25, -0.2) is 4.79 Å². The Hall–Kier alpha value is -2.62. The summed E-state index contributed by atoms with van der Waals surface area (Å²) in [6.45, 7) is 5.07. The molecule has 3 aliphatic heterocycles. The van der Waals surface area contributed by atoms with Gasteiger partial charge in [0.05, 0.1) is 23.1 Å². The second kappa shape index (κ2) is 8.62. The molecular formula is C23H27ClN2O7. The number of carboxylic acids is 1. The summed E-state index contributed by atoms with van der Waals surface area (Å²) in [7, 11) is 0. The summed E-state index contributed by atoms with van der Waals surface area (Å²) in [5, 5.41) is 38.9. The van der Waals surface area contributed by atoms with Crippen LogP contribution in [0, 0.1) is 17.8 Å². The van der Waals surface area contributed by atoms with Crippen molar-refractivity contribution in [3.63, 3.8) is 0 Å². The number of phenols is 2. The largest absolute Gasteiger partial charge is 0.504 e. The lowest BCUT2D eigenvalue weighted by Gasteiger charge is -2.46. The first-order valence-corrected chi connectivity index (χ1v) is 11.3. The molecule has 0 spiro atoms. The molecule has 0 unspecified atom stereocenters. The molecule has 2 saturated heterocycles. The van der Waals surface area contributed by atoms with Crippen molar-refractivity contribution >= 4 is 29.3 Å². The van der Waals surface area contributed by atoms with E-state index < -0.39 is 29.5 Å². The topological polar surface area (TPSA) is 139 Å². The number of phenolic OH excluding ortho intramolecular Hbond substituents is 2. The van der Waals surface area contributed by atoms with Gasteiger partial charge in [0.15, 0.2) is 17.3 Å². The summed E-state index contributed by atoms with van der Waals surface area (Å²) in [6.07, 6.45) is 0.0989. The molecule has 1 aromatic rings. The normalized spacial score (nSPS) is 28.1. The predicted octanol–water partition coefficient (Wildman–Crippen LogP) is 1.84. The van der Waals surface area contributed by atoms with Crippen LogP contribution in [0.2, 0.25) is 5.02 Å². The molecular weight excluding hydrogens is 452 g/mol. The Morgan fingerprint density at radius 3 is 2.61 bits per heavy atom. The van der Waals surface area contributed by atoms with Gasteiger partial charge in [-0.05, 0) is 43.5 Å². The van der Waals surface area contributed by atoms with Crippen molar-refractivity contribution in [1.29, 1.82) is 0 Å². The fourth-order valence-corrected chi connectivity index (χ4v) is 5.72. The van der Waals surface area contributed by atoms with Gasteiger partial charge < -0.3 is 25.3 Å². The van der Waals surface area contributed by atoms with Crippen molar-refractivity contribution in [3.05, 3.63) is 34.0 Å². The van der Waals surface area contributed by atoms with Gasteiger partial charge in [0, 0.05) is 31.0 Å². The van der Waals surface area contributed by atoms with Crippen LogP contribution in [0.1, 0.15) is 37.0 Å². The lowest BCUT2D eigenvalue weighted by Crippen LogP contribution is -2.63. The zero-order chi connectivity index (χ0) is 24.2. The van der Waals surface area contributed by atoms with Crippen LogP contribution in [0.15, 0.2) is 23.4 Å². The van der Waals surface area contributed by atoms with Crippen molar-refractivity contribution < 1.29 is 34.8 Å². The second-order valence-electron chi connectivity index (χ2n) is 9.24. The number of halogens is 1. The summed E-state index contributed by atoms with van der Waals surface area (Å²) >= 11 is 6.01. The number of carboxylic acid groups (broad SMARTS) is 1. The molecule has 5 atom stereocenters. The zero-order valence-corrected chi connectivity index (χ0v) is 19.1. The minimum Gasteiger partial charge on any atom is -0.504 e. The number of carbonyl (C=O) groups is 3. The first kappa shape index (κ1) is 23.5. The summed E-state index contributed by atoms with van der Waals surface area (Å²) in [4.78, 5) is 40.6. The molecule has 33 heavy (non-hydrogen) atoms. The van der Waals surface area contributed by atoms with E-state index in [1.54, 1.807) is 6.92 Å². The molecule has 4 rings (SSSR count). The smallest absolute Gasteiger partial charge is 0.352 e. The Kier molecular flexibility index (Phi) is 6.15. The van der Waals surface area contributed by atoms with Gasteiger partial charge in [-0.3, -0.25) is 14.5 Å². The molecule has 2 fully saturated rings. The Morgan fingerprint density at radius 1 is 1.27 bits per heavy atom. The number of carbonyl (C=O) groups excluding carboxylic acids is 2. The lowest BCUT2D eigenvalue weighted by atomic mass is 9.77.